The van der Waals surface area contributed by atoms with Crippen molar-refractivity contribution in [3.8, 4) is 11.5 Å². The molecule has 1 aliphatic heterocycles. The Morgan fingerprint density at radius 2 is 1.82 bits per heavy atom. The SMILES string of the molecule is CN(N)/C=C(\N)c1ccc(Cc2cc(C(N)=O)c(OCc3ccccc3)c3c2OCC3)cc1. The van der Waals surface area contributed by atoms with Crippen molar-refractivity contribution in [2.24, 2.45) is 17.3 Å². The number of ether oxygens (including phenoxy) is 2. The Labute approximate surface area is 193 Å². The zero-order chi connectivity index (χ0) is 23.4. The van der Waals surface area contributed by atoms with E-state index in [-0.39, 0.29) is 0 Å². The monoisotopic (exact) mass is 444 g/mol. The van der Waals surface area contributed by atoms with Gasteiger partial charge in [0, 0.05) is 31.7 Å². The molecular weight excluding hydrogens is 416 g/mol. The predicted octanol–water partition coefficient (Wildman–Crippen LogP) is 2.95. The normalized spacial score (nSPS) is 12.7. The third kappa shape index (κ3) is 5.10. The van der Waals surface area contributed by atoms with Gasteiger partial charge in [-0.1, -0.05) is 54.6 Å². The Hall–Kier alpha value is -3.97. The van der Waals surface area contributed by atoms with Gasteiger partial charge in [-0.2, -0.15) is 0 Å². The number of rotatable bonds is 8. The van der Waals surface area contributed by atoms with E-state index in [9.17, 15) is 4.79 Å². The van der Waals surface area contributed by atoms with E-state index in [1.54, 1.807) is 19.3 Å². The van der Waals surface area contributed by atoms with E-state index in [0.717, 1.165) is 33.6 Å². The minimum Gasteiger partial charge on any atom is -0.493 e. The standard InChI is InChI=1S/C26H28N4O3/c1-30(29)15-23(27)19-9-7-17(8-10-19)13-20-14-22(26(28)31)25(21-11-12-32-24(20)21)33-16-18-5-3-2-4-6-18/h2-10,14-15H,11-13,16,27,29H2,1H3,(H2,28,31)/b23-15-. The van der Waals surface area contributed by atoms with Crippen molar-refractivity contribution >= 4 is 11.6 Å². The molecule has 1 heterocycles. The smallest absolute Gasteiger partial charge is 0.252 e. The van der Waals surface area contributed by atoms with Crippen LogP contribution in [-0.4, -0.2) is 24.6 Å². The lowest BCUT2D eigenvalue weighted by molar-refractivity contribution is 0.0995. The minimum absolute atomic E-state index is 0.349. The van der Waals surface area contributed by atoms with Gasteiger partial charge in [0.15, 0.2) is 0 Å². The van der Waals surface area contributed by atoms with Crippen LogP contribution in [0.15, 0.2) is 66.9 Å². The van der Waals surface area contributed by atoms with Crippen LogP contribution in [0.1, 0.15) is 38.2 Å². The lowest BCUT2D eigenvalue weighted by atomic mass is 9.96. The van der Waals surface area contributed by atoms with Crippen LogP contribution in [0.25, 0.3) is 5.70 Å². The van der Waals surface area contributed by atoms with Crippen molar-refractivity contribution in [2.45, 2.75) is 19.4 Å². The summed E-state index contributed by atoms with van der Waals surface area (Å²) in [6.45, 7) is 0.889. The molecule has 0 spiro atoms. The van der Waals surface area contributed by atoms with Crippen molar-refractivity contribution in [3.63, 3.8) is 0 Å². The Morgan fingerprint density at radius 3 is 2.48 bits per heavy atom. The fourth-order valence-electron chi connectivity index (χ4n) is 3.96. The highest BCUT2D eigenvalue weighted by Crippen LogP contribution is 2.41. The van der Waals surface area contributed by atoms with Crippen LogP contribution in [0.4, 0.5) is 0 Å². The van der Waals surface area contributed by atoms with Gasteiger partial charge in [-0.25, -0.2) is 5.84 Å². The molecule has 3 aromatic carbocycles. The zero-order valence-electron chi connectivity index (χ0n) is 18.6. The highest BCUT2D eigenvalue weighted by atomic mass is 16.5. The van der Waals surface area contributed by atoms with Gasteiger partial charge in [-0.15, -0.1) is 0 Å². The molecule has 0 bridgehead atoms. The Bertz CT molecular complexity index is 1170. The first kappa shape index (κ1) is 22.2. The summed E-state index contributed by atoms with van der Waals surface area (Å²) < 4.78 is 12.0. The first-order valence-electron chi connectivity index (χ1n) is 10.7. The molecular formula is C26H28N4O3. The van der Waals surface area contributed by atoms with Gasteiger partial charge >= 0.3 is 0 Å². The van der Waals surface area contributed by atoms with Crippen LogP contribution in [0.3, 0.4) is 0 Å². The average molecular weight is 445 g/mol. The number of fused-ring (bicyclic) bond motifs is 1. The van der Waals surface area contributed by atoms with Crippen LogP contribution >= 0.6 is 0 Å². The van der Waals surface area contributed by atoms with Crippen LogP contribution in [-0.2, 0) is 19.4 Å². The molecule has 0 aliphatic carbocycles. The maximum atomic E-state index is 12.3. The number of carbonyl (C=O) groups excluding carboxylic acids is 1. The summed E-state index contributed by atoms with van der Waals surface area (Å²) in [5.41, 5.74) is 17.5. The number of hydrogen-bond donors (Lipinski definition) is 3. The summed E-state index contributed by atoms with van der Waals surface area (Å²) in [6, 6.07) is 19.5. The molecule has 3 aromatic rings. The summed E-state index contributed by atoms with van der Waals surface area (Å²) in [5, 5.41) is 1.41. The second kappa shape index (κ2) is 9.67. The van der Waals surface area contributed by atoms with Gasteiger partial charge < -0.3 is 25.9 Å². The quantitative estimate of drug-likeness (QED) is 0.363. The number of nitrogens with two attached hydrogens (primary N) is 3. The van der Waals surface area contributed by atoms with Gasteiger partial charge in [0.2, 0.25) is 0 Å². The van der Waals surface area contributed by atoms with E-state index in [4.69, 9.17) is 26.8 Å². The third-order valence-corrected chi connectivity index (χ3v) is 5.52. The lowest BCUT2D eigenvalue weighted by Gasteiger charge is -2.17. The molecule has 4 rings (SSSR count). The van der Waals surface area contributed by atoms with Crippen molar-refractivity contribution in [3.05, 3.63) is 100 Å². The average Bonchev–Trinajstić information content (AvgIpc) is 3.29. The first-order chi connectivity index (χ1) is 15.9. The van der Waals surface area contributed by atoms with E-state index in [2.05, 4.69) is 0 Å². The molecule has 0 unspecified atom stereocenters. The number of hydrogen-bond acceptors (Lipinski definition) is 6. The van der Waals surface area contributed by atoms with Crippen molar-refractivity contribution < 1.29 is 14.3 Å². The van der Waals surface area contributed by atoms with Crippen LogP contribution < -0.4 is 26.8 Å². The van der Waals surface area contributed by atoms with E-state index < -0.39 is 5.91 Å². The van der Waals surface area contributed by atoms with Crippen LogP contribution in [0.5, 0.6) is 11.5 Å². The molecule has 0 saturated heterocycles. The maximum Gasteiger partial charge on any atom is 0.252 e. The summed E-state index contributed by atoms with van der Waals surface area (Å²) in [4.78, 5) is 12.3. The van der Waals surface area contributed by atoms with Gasteiger partial charge in [0.05, 0.1) is 17.9 Å². The summed E-state index contributed by atoms with van der Waals surface area (Å²) >= 11 is 0. The summed E-state index contributed by atoms with van der Waals surface area (Å²) in [7, 11) is 1.71. The topological polar surface area (TPSA) is 117 Å². The van der Waals surface area contributed by atoms with Gasteiger partial charge in [0.25, 0.3) is 5.91 Å². The second-order valence-electron chi connectivity index (χ2n) is 8.08. The molecule has 0 radical (unpaired) electrons. The Kier molecular flexibility index (Phi) is 6.51. The fourth-order valence-corrected chi connectivity index (χ4v) is 3.96. The highest BCUT2D eigenvalue weighted by molar-refractivity contribution is 5.97. The summed E-state index contributed by atoms with van der Waals surface area (Å²) in [6.07, 6.45) is 2.91. The zero-order valence-corrected chi connectivity index (χ0v) is 18.6. The molecule has 1 amide bonds. The fraction of sp³-hybridized carbons (Fsp3) is 0.192. The van der Waals surface area contributed by atoms with Gasteiger partial charge in [0.1, 0.15) is 18.1 Å². The highest BCUT2D eigenvalue weighted by Gasteiger charge is 2.27. The molecule has 0 aromatic heterocycles. The molecule has 0 saturated carbocycles. The number of primary amides is 1. The number of amides is 1. The Morgan fingerprint density at radius 1 is 1.09 bits per heavy atom. The first-order valence-corrected chi connectivity index (χ1v) is 10.7. The number of hydrazine groups is 1. The summed E-state index contributed by atoms with van der Waals surface area (Å²) in [5.74, 6) is 6.40. The largest absolute Gasteiger partial charge is 0.493 e. The van der Waals surface area contributed by atoms with Crippen molar-refractivity contribution in [1.82, 2.24) is 5.01 Å². The molecule has 33 heavy (non-hydrogen) atoms. The Balaban J connectivity index is 1.62. The van der Waals surface area contributed by atoms with Gasteiger partial charge in [-0.05, 0) is 28.3 Å². The predicted molar refractivity (Wildman–Crippen MR) is 128 cm³/mol. The van der Waals surface area contributed by atoms with E-state index in [1.807, 2.05) is 54.6 Å². The second-order valence-corrected chi connectivity index (χ2v) is 8.08. The number of carbonyl (C=O) groups is 1. The van der Waals surface area contributed by atoms with E-state index in [1.165, 1.54) is 5.01 Å². The molecule has 0 atom stereocenters. The maximum absolute atomic E-state index is 12.3. The molecule has 6 N–H and O–H groups in total. The van der Waals surface area contributed by atoms with E-state index >= 15 is 0 Å². The van der Waals surface area contributed by atoms with E-state index in [0.29, 0.717) is 43.1 Å². The molecule has 7 heteroatoms. The van der Waals surface area contributed by atoms with Gasteiger partial charge in [-0.3, -0.25) is 4.79 Å². The number of nitrogens with zero attached hydrogens (tertiary/aromatic N) is 1. The third-order valence-electron chi connectivity index (χ3n) is 5.52. The van der Waals surface area contributed by atoms with Crippen LogP contribution in [0, 0.1) is 0 Å². The van der Waals surface area contributed by atoms with Crippen molar-refractivity contribution in [1.29, 1.82) is 0 Å². The molecule has 7 nitrogen and oxygen atoms in total. The molecule has 170 valence electrons. The molecule has 0 fully saturated rings. The number of benzene rings is 3. The lowest BCUT2D eigenvalue weighted by Crippen LogP contribution is -2.20. The molecule has 1 aliphatic rings. The van der Waals surface area contributed by atoms with Crippen molar-refractivity contribution in [2.75, 3.05) is 13.7 Å². The van der Waals surface area contributed by atoms with Crippen LogP contribution in [0.2, 0.25) is 0 Å². The minimum atomic E-state index is -0.520.